The van der Waals surface area contributed by atoms with E-state index >= 15 is 0 Å². The number of fused-ring (bicyclic) bond motifs is 1. The smallest absolute Gasteiger partial charge is 0.340 e. The monoisotopic (exact) mass is 348 g/mol. The second-order valence-corrected chi connectivity index (χ2v) is 5.17. The number of anilines is 1. The second kappa shape index (κ2) is 6.67. The Labute approximate surface area is 140 Å². The molecule has 2 aromatic carbocycles. The Balaban J connectivity index is 1.62. The van der Waals surface area contributed by atoms with Crippen LogP contribution in [0, 0.1) is 5.82 Å². The third-order valence-electron chi connectivity index (χ3n) is 3.12. The number of para-hydroxylation sites is 1. The number of amides is 1. The van der Waals surface area contributed by atoms with Gasteiger partial charge in [-0.1, -0.05) is 17.7 Å². The molecule has 6 nitrogen and oxygen atoms in total. The molecule has 3 aromatic rings. The number of halogens is 2. The van der Waals surface area contributed by atoms with Gasteiger partial charge in [-0.15, -0.1) is 0 Å². The molecule has 1 amide bonds. The van der Waals surface area contributed by atoms with Gasteiger partial charge < -0.3 is 14.5 Å². The topological polar surface area (TPSA) is 81.4 Å². The molecule has 0 bridgehead atoms. The number of esters is 1. The number of hydrogen-bond acceptors (Lipinski definition) is 5. The highest BCUT2D eigenvalue weighted by atomic mass is 35.5. The lowest BCUT2D eigenvalue weighted by atomic mass is 10.2. The second-order valence-electron chi connectivity index (χ2n) is 4.76. The van der Waals surface area contributed by atoms with Gasteiger partial charge in [0.15, 0.2) is 18.6 Å². The minimum atomic E-state index is -0.707. The van der Waals surface area contributed by atoms with Gasteiger partial charge in [0.05, 0.1) is 10.6 Å². The molecule has 0 aliphatic carbocycles. The lowest BCUT2D eigenvalue weighted by molar-refractivity contribution is -0.119. The zero-order valence-electron chi connectivity index (χ0n) is 12.1. The molecule has 0 aliphatic heterocycles. The van der Waals surface area contributed by atoms with E-state index < -0.39 is 24.3 Å². The summed E-state index contributed by atoms with van der Waals surface area (Å²) in [7, 11) is 0. The maximum Gasteiger partial charge on any atom is 0.340 e. The van der Waals surface area contributed by atoms with E-state index in [1.54, 1.807) is 12.1 Å². The predicted octanol–water partition coefficient (Wildman–Crippen LogP) is 3.42. The number of aromatic nitrogens is 1. The number of rotatable bonds is 4. The van der Waals surface area contributed by atoms with Gasteiger partial charge in [-0.05, 0) is 30.3 Å². The van der Waals surface area contributed by atoms with E-state index in [4.69, 9.17) is 20.8 Å². The highest BCUT2D eigenvalue weighted by Crippen LogP contribution is 2.20. The number of carbonyl (C=O) groups is 2. The summed E-state index contributed by atoms with van der Waals surface area (Å²) < 4.78 is 23.1. The van der Waals surface area contributed by atoms with E-state index in [9.17, 15) is 14.0 Å². The molecule has 1 aromatic heterocycles. The van der Waals surface area contributed by atoms with Crippen molar-refractivity contribution < 1.29 is 23.1 Å². The van der Waals surface area contributed by atoms with Crippen molar-refractivity contribution in [1.29, 1.82) is 0 Å². The minimum absolute atomic E-state index is 0.123. The highest BCUT2D eigenvalue weighted by molar-refractivity contribution is 6.31. The number of nitrogens with one attached hydrogen (secondary N) is 1. The zero-order chi connectivity index (χ0) is 17.1. The van der Waals surface area contributed by atoms with Crippen molar-refractivity contribution in [2.75, 3.05) is 11.9 Å². The van der Waals surface area contributed by atoms with Gasteiger partial charge in [0, 0.05) is 5.69 Å². The Bertz CT molecular complexity index is 925. The van der Waals surface area contributed by atoms with Crippen LogP contribution < -0.4 is 5.32 Å². The molecule has 0 spiro atoms. The summed E-state index contributed by atoms with van der Waals surface area (Å²) in [6.45, 7) is -0.512. The third-order valence-corrected chi connectivity index (χ3v) is 3.41. The van der Waals surface area contributed by atoms with Gasteiger partial charge in [0.25, 0.3) is 5.91 Å². The molecule has 1 N–H and O–H groups in total. The predicted molar refractivity (Wildman–Crippen MR) is 84.3 cm³/mol. The fourth-order valence-electron chi connectivity index (χ4n) is 2.03. The molecule has 0 radical (unpaired) electrons. The van der Waals surface area contributed by atoms with Crippen LogP contribution in [0.25, 0.3) is 11.1 Å². The SMILES string of the molecule is O=C(COC(=O)c1cccc2ocnc12)Nc1ccc(F)c(Cl)c1. The Morgan fingerprint density at radius 1 is 1.29 bits per heavy atom. The summed E-state index contributed by atoms with van der Waals surface area (Å²) in [6.07, 6.45) is 1.21. The number of ether oxygens (including phenoxy) is 1. The van der Waals surface area contributed by atoms with E-state index in [0.717, 1.165) is 6.07 Å². The van der Waals surface area contributed by atoms with E-state index in [0.29, 0.717) is 16.8 Å². The molecule has 24 heavy (non-hydrogen) atoms. The molecule has 8 heteroatoms. The number of hydrogen-bond donors (Lipinski definition) is 1. The third kappa shape index (κ3) is 3.36. The first-order valence-electron chi connectivity index (χ1n) is 6.79. The molecule has 3 rings (SSSR count). The summed E-state index contributed by atoms with van der Waals surface area (Å²) in [6, 6.07) is 8.51. The van der Waals surface area contributed by atoms with Crippen LogP contribution in [0.3, 0.4) is 0 Å². The summed E-state index contributed by atoms with van der Waals surface area (Å²) in [4.78, 5) is 27.8. The van der Waals surface area contributed by atoms with Crippen molar-refractivity contribution in [1.82, 2.24) is 4.98 Å². The average Bonchev–Trinajstić information content (AvgIpc) is 3.04. The average molecular weight is 349 g/mol. The van der Waals surface area contributed by atoms with E-state index in [2.05, 4.69) is 10.3 Å². The Morgan fingerprint density at radius 3 is 2.92 bits per heavy atom. The number of oxazole rings is 1. The quantitative estimate of drug-likeness (QED) is 0.731. The van der Waals surface area contributed by atoms with Crippen LogP contribution in [0.1, 0.15) is 10.4 Å². The van der Waals surface area contributed by atoms with Gasteiger partial charge in [-0.25, -0.2) is 14.2 Å². The van der Waals surface area contributed by atoms with Gasteiger partial charge in [0.1, 0.15) is 11.3 Å². The van der Waals surface area contributed by atoms with Crippen molar-refractivity contribution in [3.63, 3.8) is 0 Å². The Hall–Kier alpha value is -2.93. The lowest BCUT2D eigenvalue weighted by Gasteiger charge is -2.07. The van der Waals surface area contributed by atoms with E-state index in [1.807, 2.05) is 0 Å². The zero-order valence-corrected chi connectivity index (χ0v) is 12.8. The highest BCUT2D eigenvalue weighted by Gasteiger charge is 2.16. The van der Waals surface area contributed by atoms with E-state index in [-0.39, 0.29) is 10.6 Å². The maximum absolute atomic E-state index is 13.1. The summed E-state index contributed by atoms with van der Waals surface area (Å²) in [5.41, 5.74) is 1.28. The van der Waals surface area contributed by atoms with Gasteiger partial charge in [-0.3, -0.25) is 4.79 Å². The van der Waals surface area contributed by atoms with Crippen LogP contribution in [0.15, 0.2) is 47.2 Å². The molecular formula is C16H10ClFN2O4. The number of carbonyl (C=O) groups excluding carboxylic acids is 2. The molecule has 122 valence electrons. The molecule has 0 fully saturated rings. The van der Waals surface area contributed by atoms with Crippen molar-refractivity contribution in [2.45, 2.75) is 0 Å². The van der Waals surface area contributed by atoms with Crippen molar-refractivity contribution in [3.8, 4) is 0 Å². The molecule has 0 atom stereocenters. The minimum Gasteiger partial charge on any atom is -0.452 e. The fourth-order valence-corrected chi connectivity index (χ4v) is 2.21. The lowest BCUT2D eigenvalue weighted by Crippen LogP contribution is -2.21. The van der Waals surface area contributed by atoms with Crippen LogP contribution in [0.2, 0.25) is 5.02 Å². The van der Waals surface area contributed by atoms with Crippen LogP contribution in [0.4, 0.5) is 10.1 Å². The Morgan fingerprint density at radius 2 is 2.12 bits per heavy atom. The normalized spacial score (nSPS) is 10.6. The molecule has 0 saturated carbocycles. The van der Waals surface area contributed by atoms with Gasteiger partial charge in [-0.2, -0.15) is 0 Å². The molecule has 0 saturated heterocycles. The standard InChI is InChI=1S/C16H10ClFN2O4/c17-11-6-9(4-5-12(11)18)20-14(21)7-23-16(22)10-2-1-3-13-15(10)19-8-24-13/h1-6,8H,7H2,(H,20,21). The van der Waals surface area contributed by atoms with Crippen LogP contribution in [-0.2, 0) is 9.53 Å². The molecule has 1 heterocycles. The maximum atomic E-state index is 13.1. The molecule has 0 unspecified atom stereocenters. The van der Waals surface area contributed by atoms with Crippen LogP contribution >= 0.6 is 11.6 Å². The first-order chi connectivity index (χ1) is 11.5. The number of benzene rings is 2. The Kier molecular flexibility index (Phi) is 4.43. The van der Waals surface area contributed by atoms with Crippen LogP contribution in [-0.4, -0.2) is 23.5 Å². The first kappa shape index (κ1) is 15.9. The fraction of sp³-hybridized carbons (Fsp3) is 0.0625. The summed E-state index contributed by atoms with van der Waals surface area (Å²) in [5, 5.41) is 2.32. The molecular weight excluding hydrogens is 339 g/mol. The summed E-state index contributed by atoms with van der Waals surface area (Å²) in [5.74, 6) is -1.89. The first-order valence-corrected chi connectivity index (χ1v) is 7.16. The van der Waals surface area contributed by atoms with Crippen molar-refractivity contribution in [2.24, 2.45) is 0 Å². The number of nitrogens with zero attached hydrogens (tertiary/aromatic N) is 1. The van der Waals surface area contributed by atoms with Crippen molar-refractivity contribution >= 4 is 40.3 Å². The molecule has 0 aliphatic rings. The van der Waals surface area contributed by atoms with Gasteiger partial charge in [0.2, 0.25) is 0 Å². The van der Waals surface area contributed by atoms with E-state index in [1.165, 1.54) is 24.6 Å². The van der Waals surface area contributed by atoms with Crippen molar-refractivity contribution in [3.05, 3.63) is 59.2 Å². The van der Waals surface area contributed by atoms with Crippen LogP contribution in [0.5, 0.6) is 0 Å². The largest absolute Gasteiger partial charge is 0.452 e. The summed E-state index contributed by atoms with van der Waals surface area (Å²) >= 11 is 5.62. The van der Waals surface area contributed by atoms with Gasteiger partial charge >= 0.3 is 5.97 Å².